The van der Waals surface area contributed by atoms with E-state index in [9.17, 15) is 4.79 Å². The van der Waals surface area contributed by atoms with Crippen LogP contribution in [0.4, 0.5) is 5.69 Å². The zero-order valence-corrected chi connectivity index (χ0v) is 9.40. The van der Waals surface area contributed by atoms with Crippen molar-refractivity contribution in [2.75, 3.05) is 14.1 Å². The summed E-state index contributed by atoms with van der Waals surface area (Å²) in [5.74, 6) is 0.444. The Kier molecular flexibility index (Phi) is 2.83. The molecule has 0 N–H and O–H groups in total. The van der Waals surface area contributed by atoms with Crippen LogP contribution in [0.3, 0.4) is 0 Å². The number of alkyl halides is 1. The van der Waals surface area contributed by atoms with Gasteiger partial charge in [-0.15, -0.1) is 0 Å². The molecule has 0 saturated carbocycles. The van der Waals surface area contributed by atoms with Crippen molar-refractivity contribution in [3.05, 3.63) is 30.3 Å². The molecule has 0 aliphatic carbocycles. The summed E-state index contributed by atoms with van der Waals surface area (Å²) >= 11 is -0.0863. The van der Waals surface area contributed by atoms with Crippen molar-refractivity contribution in [2.45, 2.75) is 6.42 Å². The van der Waals surface area contributed by atoms with Gasteiger partial charge in [0.05, 0.1) is 0 Å². The molecule has 2 nitrogen and oxygen atoms in total. The Morgan fingerprint density at radius 2 is 2.00 bits per heavy atom. The molecule has 3 heteroatoms. The van der Waals surface area contributed by atoms with Gasteiger partial charge in [0.2, 0.25) is 0 Å². The van der Waals surface area contributed by atoms with Gasteiger partial charge in [0.25, 0.3) is 0 Å². The molecule has 0 bridgehead atoms. The van der Waals surface area contributed by atoms with Crippen molar-refractivity contribution >= 4 is 11.5 Å². The predicted molar refractivity (Wildman–Crippen MR) is 48.3 cm³/mol. The standard InChI is InChI=1S/C10H11INO/c13-10-6-7-12(11-8-10)9-4-2-1-3-5-9/h1-5H,6-8H2/q-1. The molecule has 0 radical (unpaired) electrons. The van der Waals surface area contributed by atoms with Crippen molar-refractivity contribution in [1.29, 1.82) is 0 Å². The molecule has 1 aromatic rings. The fraction of sp³-hybridized carbons (Fsp3) is 0.300. The Morgan fingerprint density at radius 1 is 1.23 bits per heavy atom. The Bertz CT molecular complexity index is 289. The molecule has 2 rings (SSSR count). The van der Waals surface area contributed by atoms with Crippen LogP contribution in [0, 0.1) is 0 Å². The summed E-state index contributed by atoms with van der Waals surface area (Å²) in [7, 11) is 0. The number of benzene rings is 1. The molecule has 1 heterocycles. The number of nitrogens with zero attached hydrogens (tertiary/aromatic N) is 1. The monoisotopic (exact) mass is 288 g/mol. The van der Waals surface area contributed by atoms with Crippen LogP contribution < -0.4 is 24.6 Å². The molecule has 0 amide bonds. The van der Waals surface area contributed by atoms with E-state index < -0.39 is 0 Å². The normalized spacial score (nSPS) is 18.2. The third kappa shape index (κ3) is 2.21. The number of hydrogen-bond donors (Lipinski definition) is 0. The van der Waals surface area contributed by atoms with E-state index in [4.69, 9.17) is 0 Å². The Morgan fingerprint density at radius 3 is 2.62 bits per heavy atom. The van der Waals surface area contributed by atoms with Gasteiger partial charge in [-0.3, -0.25) is 0 Å². The molecule has 0 atom stereocenters. The molecule has 1 fully saturated rings. The number of ketones is 1. The molecule has 1 saturated heterocycles. The minimum absolute atomic E-state index is 0.0863. The van der Waals surface area contributed by atoms with Crippen LogP contribution in [0.1, 0.15) is 6.42 Å². The number of anilines is 1. The fourth-order valence-corrected chi connectivity index (χ4v) is 3.75. The quantitative estimate of drug-likeness (QED) is 0.355. The fourth-order valence-electron chi connectivity index (χ4n) is 1.28. The zero-order valence-electron chi connectivity index (χ0n) is 7.24. The summed E-state index contributed by atoms with van der Waals surface area (Å²) in [6.07, 6.45) is 0.731. The summed E-state index contributed by atoms with van der Waals surface area (Å²) in [4.78, 5) is 11.0. The van der Waals surface area contributed by atoms with Crippen molar-refractivity contribution in [3.63, 3.8) is 0 Å². The number of hydrogen-bond acceptors (Lipinski definition) is 2. The van der Waals surface area contributed by atoms with Gasteiger partial charge >= 0.3 is 88.6 Å². The maximum atomic E-state index is 11.0. The van der Waals surface area contributed by atoms with Crippen LogP contribution in [-0.4, -0.2) is 16.8 Å². The molecule has 1 aliphatic rings. The Balaban J connectivity index is 2.07. The summed E-state index contributed by atoms with van der Waals surface area (Å²) in [6, 6.07) is 10.4. The van der Waals surface area contributed by atoms with E-state index >= 15 is 0 Å². The van der Waals surface area contributed by atoms with E-state index in [2.05, 4.69) is 27.4 Å². The van der Waals surface area contributed by atoms with Crippen LogP contribution in [0.15, 0.2) is 30.3 Å². The number of Topliss-reactive ketones (excluding diaryl/α,β-unsaturated/α-hetero) is 1. The molecule has 1 aromatic carbocycles. The molecule has 0 aromatic heterocycles. The Labute approximate surface area is 88.5 Å². The molecule has 0 unspecified atom stereocenters. The molecular formula is C10H11INO-. The third-order valence-corrected chi connectivity index (χ3v) is 5.03. The van der Waals surface area contributed by atoms with Gasteiger partial charge in [0.15, 0.2) is 0 Å². The third-order valence-electron chi connectivity index (χ3n) is 1.98. The number of halogens is 1. The topological polar surface area (TPSA) is 20.3 Å². The minimum atomic E-state index is -0.0863. The van der Waals surface area contributed by atoms with E-state index in [0.29, 0.717) is 5.78 Å². The second kappa shape index (κ2) is 4.09. The first-order chi connectivity index (χ1) is 6.36. The van der Waals surface area contributed by atoms with Gasteiger partial charge in [-0.25, -0.2) is 0 Å². The molecule has 0 spiro atoms. The van der Waals surface area contributed by atoms with E-state index in [1.54, 1.807) is 0 Å². The van der Waals surface area contributed by atoms with Gasteiger partial charge in [0.1, 0.15) is 0 Å². The number of carbonyl (C=O) groups excluding carboxylic acids is 1. The van der Waals surface area contributed by atoms with E-state index in [1.807, 2.05) is 6.07 Å². The molecular weight excluding hydrogens is 277 g/mol. The number of para-hydroxylation sites is 1. The van der Waals surface area contributed by atoms with Crippen LogP contribution in [-0.2, 0) is 4.79 Å². The van der Waals surface area contributed by atoms with Gasteiger partial charge in [0, 0.05) is 0 Å². The average Bonchev–Trinajstić information content (AvgIpc) is 2.20. The van der Waals surface area contributed by atoms with Gasteiger partial charge in [-0.05, 0) is 0 Å². The van der Waals surface area contributed by atoms with Crippen LogP contribution >= 0.6 is 0 Å². The first-order valence-corrected chi connectivity index (χ1v) is 6.79. The van der Waals surface area contributed by atoms with Gasteiger partial charge in [-0.2, -0.15) is 0 Å². The first kappa shape index (κ1) is 8.99. The van der Waals surface area contributed by atoms with E-state index in [1.165, 1.54) is 5.69 Å². The summed E-state index contributed by atoms with van der Waals surface area (Å²) < 4.78 is 3.19. The van der Waals surface area contributed by atoms with Gasteiger partial charge < -0.3 is 0 Å². The van der Waals surface area contributed by atoms with Crippen molar-refractivity contribution in [1.82, 2.24) is 0 Å². The Hall–Kier alpha value is -0.580. The summed E-state index contributed by atoms with van der Waals surface area (Å²) in [5, 5.41) is 0. The van der Waals surface area contributed by atoms with Crippen LogP contribution in [0.5, 0.6) is 0 Å². The molecule has 70 valence electrons. The zero-order chi connectivity index (χ0) is 9.10. The first-order valence-electron chi connectivity index (χ1n) is 4.30. The van der Waals surface area contributed by atoms with Crippen LogP contribution in [0.2, 0.25) is 0 Å². The number of carbonyl (C=O) groups is 1. The second-order valence-corrected chi connectivity index (χ2v) is 5.57. The van der Waals surface area contributed by atoms with Gasteiger partial charge in [-0.1, -0.05) is 0 Å². The predicted octanol–water partition coefficient (Wildman–Crippen LogP) is -1.53. The summed E-state index contributed by atoms with van der Waals surface area (Å²) in [5.41, 5.74) is 1.28. The van der Waals surface area contributed by atoms with Crippen molar-refractivity contribution in [3.8, 4) is 0 Å². The van der Waals surface area contributed by atoms with Crippen molar-refractivity contribution in [2.24, 2.45) is 0 Å². The molecule has 1 aliphatic heterocycles. The van der Waals surface area contributed by atoms with Crippen LogP contribution in [0.25, 0.3) is 0 Å². The maximum absolute atomic E-state index is 11.0. The SMILES string of the molecule is O=C1CCN(c2ccccc2)[I-]C1. The van der Waals surface area contributed by atoms with Crippen molar-refractivity contribution < 1.29 is 26.3 Å². The average molecular weight is 288 g/mol. The second-order valence-electron chi connectivity index (χ2n) is 2.96. The number of rotatable bonds is 1. The summed E-state index contributed by atoms with van der Waals surface area (Å²) in [6.45, 7) is 0.927. The van der Waals surface area contributed by atoms with E-state index in [0.717, 1.165) is 17.4 Å². The van der Waals surface area contributed by atoms with E-state index in [-0.39, 0.29) is 21.5 Å². The molecule has 13 heavy (non-hydrogen) atoms.